The summed E-state index contributed by atoms with van der Waals surface area (Å²) in [4.78, 5) is 27.4. The lowest BCUT2D eigenvalue weighted by atomic mass is 10.0. The van der Waals surface area contributed by atoms with Crippen molar-refractivity contribution in [2.75, 3.05) is 13.2 Å². The standard InChI is InChI=1S/C24H20N8O2/c25-8-9-30-20-13-27-23(31-14-28-17-6-5-15(12-26)11-19(17)31)29-22(20)32(24(30)33)18-7-10-34-21-4-2-1-3-16(18)21/h1-6,11,13-14,18H,7-10,25H2/t18-/m1/s1. The number of nitrogens with two attached hydrogens (primary N) is 1. The molecule has 2 aromatic carbocycles. The predicted octanol–water partition coefficient (Wildman–Crippen LogP) is 2.13. The maximum absolute atomic E-state index is 13.6. The molecule has 1 aliphatic heterocycles. The lowest BCUT2D eigenvalue weighted by Crippen LogP contribution is -2.32. The van der Waals surface area contributed by atoms with Gasteiger partial charge in [-0.05, 0) is 24.3 Å². The van der Waals surface area contributed by atoms with Gasteiger partial charge >= 0.3 is 5.69 Å². The van der Waals surface area contributed by atoms with Gasteiger partial charge in [0.15, 0.2) is 5.65 Å². The molecule has 0 aliphatic carbocycles. The Morgan fingerprint density at radius 1 is 1.18 bits per heavy atom. The number of imidazole rings is 2. The molecule has 0 spiro atoms. The number of hydrogen-bond acceptors (Lipinski definition) is 7. The average molecular weight is 452 g/mol. The van der Waals surface area contributed by atoms with E-state index in [2.05, 4.69) is 16.0 Å². The van der Waals surface area contributed by atoms with Crippen LogP contribution < -0.4 is 16.2 Å². The zero-order valence-corrected chi connectivity index (χ0v) is 18.1. The molecule has 34 heavy (non-hydrogen) atoms. The number of nitriles is 1. The third kappa shape index (κ3) is 2.98. The van der Waals surface area contributed by atoms with Gasteiger partial charge in [0.25, 0.3) is 0 Å². The summed E-state index contributed by atoms with van der Waals surface area (Å²) >= 11 is 0. The van der Waals surface area contributed by atoms with Crippen molar-refractivity contribution in [1.82, 2.24) is 28.7 Å². The highest BCUT2D eigenvalue weighted by atomic mass is 16.5. The van der Waals surface area contributed by atoms with E-state index in [0.717, 1.165) is 16.8 Å². The van der Waals surface area contributed by atoms with Crippen LogP contribution in [0.2, 0.25) is 0 Å². The van der Waals surface area contributed by atoms with Crippen molar-refractivity contribution < 1.29 is 4.74 Å². The Labute approximate surface area is 193 Å². The van der Waals surface area contributed by atoms with Crippen LogP contribution in [0.4, 0.5) is 0 Å². The van der Waals surface area contributed by atoms with Gasteiger partial charge < -0.3 is 10.5 Å². The fraction of sp³-hybridized carbons (Fsp3) is 0.208. The zero-order chi connectivity index (χ0) is 23.2. The highest BCUT2D eigenvalue weighted by molar-refractivity contribution is 5.79. The Balaban J connectivity index is 1.60. The van der Waals surface area contributed by atoms with Crippen LogP contribution in [0.25, 0.3) is 28.1 Å². The van der Waals surface area contributed by atoms with E-state index < -0.39 is 0 Å². The second-order valence-corrected chi connectivity index (χ2v) is 8.09. The fourth-order valence-corrected chi connectivity index (χ4v) is 4.62. The van der Waals surface area contributed by atoms with Crippen molar-refractivity contribution in [3.8, 4) is 17.8 Å². The highest BCUT2D eigenvalue weighted by Crippen LogP contribution is 2.35. The van der Waals surface area contributed by atoms with Crippen LogP contribution in [-0.2, 0) is 6.54 Å². The second-order valence-electron chi connectivity index (χ2n) is 8.09. The van der Waals surface area contributed by atoms with E-state index in [4.69, 9.17) is 15.5 Å². The molecule has 4 heterocycles. The third-order valence-corrected chi connectivity index (χ3v) is 6.18. The Morgan fingerprint density at radius 2 is 2.06 bits per heavy atom. The van der Waals surface area contributed by atoms with Crippen molar-refractivity contribution in [3.05, 3.63) is 76.6 Å². The first-order valence-corrected chi connectivity index (χ1v) is 11.0. The summed E-state index contributed by atoms with van der Waals surface area (Å²) in [5, 5.41) is 9.31. The van der Waals surface area contributed by atoms with Gasteiger partial charge in [-0.15, -0.1) is 0 Å². The topological polar surface area (TPSA) is 130 Å². The van der Waals surface area contributed by atoms with Crippen LogP contribution in [0.5, 0.6) is 5.75 Å². The number of para-hydroxylation sites is 1. The molecule has 168 valence electrons. The SMILES string of the molecule is N#Cc1ccc2ncn(-c3ncc4c(n3)n([C@@H]3CCOc5ccccc53)c(=O)n4CCN)c2c1. The molecule has 1 atom stereocenters. The summed E-state index contributed by atoms with van der Waals surface area (Å²) in [6, 6.07) is 14.9. The number of fused-ring (bicyclic) bond motifs is 3. The van der Waals surface area contributed by atoms with Gasteiger partial charge in [0.1, 0.15) is 17.6 Å². The van der Waals surface area contributed by atoms with Crippen LogP contribution in [-0.4, -0.2) is 41.8 Å². The molecule has 10 nitrogen and oxygen atoms in total. The highest BCUT2D eigenvalue weighted by Gasteiger charge is 2.28. The van der Waals surface area contributed by atoms with E-state index in [9.17, 15) is 10.1 Å². The second kappa shape index (κ2) is 7.83. The molecule has 0 radical (unpaired) electrons. The Morgan fingerprint density at radius 3 is 2.91 bits per heavy atom. The van der Waals surface area contributed by atoms with E-state index in [1.54, 1.807) is 44.4 Å². The van der Waals surface area contributed by atoms with Crippen LogP contribution >= 0.6 is 0 Å². The maximum Gasteiger partial charge on any atom is 0.330 e. The number of aromatic nitrogens is 6. The van der Waals surface area contributed by atoms with E-state index >= 15 is 0 Å². The van der Waals surface area contributed by atoms with Crippen LogP contribution in [0, 0.1) is 11.3 Å². The van der Waals surface area contributed by atoms with E-state index in [0.29, 0.717) is 54.3 Å². The number of nitrogens with zero attached hydrogens (tertiary/aromatic N) is 7. The van der Waals surface area contributed by atoms with Gasteiger partial charge in [-0.2, -0.15) is 10.2 Å². The Kier molecular flexibility index (Phi) is 4.64. The summed E-state index contributed by atoms with van der Waals surface area (Å²) in [5.41, 5.74) is 9.65. The van der Waals surface area contributed by atoms with Gasteiger partial charge in [-0.25, -0.2) is 14.8 Å². The van der Waals surface area contributed by atoms with Crippen molar-refractivity contribution in [2.24, 2.45) is 5.73 Å². The third-order valence-electron chi connectivity index (χ3n) is 6.18. The first-order valence-electron chi connectivity index (χ1n) is 11.0. The molecule has 0 saturated carbocycles. The normalized spacial score (nSPS) is 15.2. The number of ether oxygens (including phenoxy) is 1. The molecule has 5 aromatic rings. The van der Waals surface area contributed by atoms with Crippen molar-refractivity contribution in [2.45, 2.75) is 19.0 Å². The zero-order valence-electron chi connectivity index (χ0n) is 18.1. The van der Waals surface area contributed by atoms with Gasteiger partial charge in [-0.1, -0.05) is 18.2 Å². The van der Waals surface area contributed by atoms with Crippen LogP contribution in [0.1, 0.15) is 23.6 Å². The molecule has 6 rings (SSSR count). The molecule has 1 aliphatic rings. The summed E-state index contributed by atoms with van der Waals surface area (Å²) in [6.07, 6.45) is 3.91. The van der Waals surface area contributed by atoms with Crippen LogP contribution in [0.15, 0.2) is 59.8 Å². The van der Waals surface area contributed by atoms with Gasteiger partial charge in [-0.3, -0.25) is 13.7 Å². The first kappa shape index (κ1) is 20.1. The minimum Gasteiger partial charge on any atom is -0.493 e. The molecule has 0 unspecified atom stereocenters. The maximum atomic E-state index is 13.6. The Hall–Kier alpha value is -4.49. The van der Waals surface area contributed by atoms with Gasteiger partial charge in [0.05, 0.1) is 41.5 Å². The van der Waals surface area contributed by atoms with E-state index in [-0.39, 0.29) is 11.7 Å². The van der Waals surface area contributed by atoms with Crippen LogP contribution in [0.3, 0.4) is 0 Å². The number of hydrogen-bond donors (Lipinski definition) is 1. The molecule has 0 fully saturated rings. The fourth-order valence-electron chi connectivity index (χ4n) is 4.62. The van der Waals surface area contributed by atoms with Crippen molar-refractivity contribution in [1.29, 1.82) is 5.26 Å². The lowest BCUT2D eigenvalue weighted by Gasteiger charge is -2.26. The molecule has 2 N–H and O–H groups in total. The molecule has 10 heteroatoms. The summed E-state index contributed by atoms with van der Waals surface area (Å²) in [5.74, 6) is 1.13. The minimum atomic E-state index is -0.230. The monoisotopic (exact) mass is 452 g/mol. The molecule has 0 amide bonds. The largest absolute Gasteiger partial charge is 0.493 e. The first-order chi connectivity index (χ1) is 16.7. The number of rotatable bonds is 4. The smallest absolute Gasteiger partial charge is 0.330 e. The molecule has 0 bridgehead atoms. The predicted molar refractivity (Wildman–Crippen MR) is 125 cm³/mol. The van der Waals surface area contributed by atoms with Gasteiger partial charge in [0, 0.05) is 25.1 Å². The lowest BCUT2D eigenvalue weighted by molar-refractivity contribution is 0.255. The van der Waals surface area contributed by atoms with Gasteiger partial charge in [0.2, 0.25) is 5.95 Å². The summed E-state index contributed by atoms with van der Waals surface area (Å²) in [7, 11) is 0. The van der Waals surface area contributed by atoms with Crippen molar-refractivity contribution in [3.63, 3.8) is 0 Å². The van der Waals surface area contributed by atoms with E-state index in [1.165, 1.54) is 0 Å². The minimum absolute atomic E-state index is 0.184. The molecule has 3 aromatic heterocycles. The molecular weight excluding hydrogens is 432 g/mol. The Bertz CT molecular complexity index is 1660. The number of benzene rings is 2. The quantitative estimate of drug-likeness (QED) is 0.442. The molecule has 0 saturated heterocycles. The van der Waals surface area contributed by atoms with E-state index in [1.807, 2.05) is 24.3 Å². The summed E-state index contributed by atoms with van der Waals surface area (Å²) in [6.45, 7) is 1.17. The average Bonchev–Trinajstić information content (AvgIpc) is 3.42. The molecular formula is C24H20N8O2. The summed E-state index contributed by atoms with van der Waals surface area (Å²) < 4.78 is 10.9. The van der Waals surface area contributed by atoms with Crippen molar-refractivity contribution >= 4 is 22.2 Å².